The third kappa shape index (κ3) is 6.46. The largest absolute Gasteiger partial charge is 0.504 e. The number of benzene rings is 1. The third-order valence-electron chi connectivity index (χ3n) is 2.48. The zero-order chi connectivity index (χ0) is 18.1. The summed E-state index contributed by atoms with van der Waals surface area (Å²) in [5, 5.41) is 29.4. The topological polar surface area (TPSA) is 163 Å². The van der Waals surface area contributed by atoms with Crippen molar-refractivity contribution in [2.24, 2.45) is 0 Å². The molecule has 0 heterocycles. The number of carbonyl (C=O) groups excluding carboxylic acids is 1. The Hall–Kier alpha value is -3.57. The molecule has 0 aliphatic carbocycles. The van der Waals surface area contributed by atoms with Crippen LogP contribution in [0, 0.1) is 20.2 Å². The van der Waals surface area contributed by atoms with Crippen molar-refractivity contribution in [3.63, 3.8) is 0 Å². The van der Waals surface area contributed by atoms with Crippen molar-refractivity contribution in [2.75, 3.05) is 13.7 Å². The fraction of sp³-hybridized carbons (Fsp3) is 0.250. The van der Waals surface area contributed by atoms with Crippen LogP contribution in [0.15, 0.2) is 24.3 Å². The standard InChI is InChI=1S/C12H13N3O9/c1-22-10-6-8(2-4-9(10)16)3-5-11(17)13-12(24-15(20)21)7-23-14(18)19/h2-6,12,16H,7H2,1H3,(H,13,17). The van der Waals surface area contributed by atoms with Gasteiger partial charge in [-0.15, -0.1) is 20.2 Å². The van der Waals surface area contributed by atoms with Crippen molar-refractivity contribution in [1.29, 1.82) is 0 Å². The maximum absolute atomic E-state index is 11.7. The summed E-state index contributed by atoms with van der Waals surface area (Å²) in [6.45, 7) is -0.861. The Bertz CT molecular complexity index is 647. The molecule has 1 unspecified atom stereocenters. The number of nitrogens with zero attached hydrogens (tertiary/aromatic N) is 2. The summed E-state index contributed by atoms with van der Waals surface area (Å²) >= 11 is 0. The van der Waals surface area contributed by atoms with Gasteiger partial charge < -0.3 is 20.0 Å². The maximum atomic E-state index is 11.7. The van der Waals surface area contributed by atoms with Gasteiger partial charge in [0.25, 0.3) is 10.2 Å². The molecule has 0 fully saturated rings. The Labute approximate surface area is 134 Å². The summed E-state index contributed by atoms with van der Waals surface area (Å²) in [5.41, 5.74) is 0.494. The average molecular weight is 343 g/mol. The number of nitrogens with one attached hydrogen (secondary N) is 1. The molecule has 130 valence electrons. The van der Waals surface area contributed by atoms with Gasteiger partial charge in [0.2, 0.25) is 12.1 Å². The minimum absolute atomic E-state index is 0.0875. The summed E-state index contributed by atoms with van der Waals surface area (Å²) in [5.74, 6) is -0.720. The van der Waals surface area contributed by atoms with Gasteiger partial charge in [-0.05, 0) is 23.8 Å². The molecule has 0 radical (unpaired) electrons. The molecule has 1 amide bonds. The van der Waals surface area contributed by atoms with Gasteiger partial charge in [0.15, 0.2) is 11.5 Å². The number of carbonyl (C=O) groups is 1. The first-order valence-corrected chi connectivity index (χ1v) is 6.26. The highest BCUT2D eigenvalue weighted by molar-refractivity contribution is 5.91. The van der Waals surface area contributed by atoms with Crippen molar-refractivity contribution < 1.29 is 34.5 Å². The number of amides is 1. The van der Waals surface area contributed by atoms with Gasteiger partial charge >= 0.3 is 0 Å². The molecule has 1 atom stereocenters. The number of methoxy groups -OCH3 is 1. The zero-order valence-electron chi connectivity index (χ0n) is 12.3. The van der Waals surface area contributed by atoms with Gasteiger partial charge in [0.05, 0.1) is 7.11 Å². The molecule has 1 aromatic rings. The van der Waals surface area contributed by atoms with E-state index in [9.17, 15) is 30.1 Å². The summed E-state index contributed by atoms with van der Waals surface area (Å²) in [7, 11) is 1.35. The van der Waals surface area contributed by atoms with Crippen molar-refractivity contribution in [2.45, 2.75) is 6.23 Å². The Morgan fingerprint density at radius 3 is 2.67 bits per heavy atom. The first-order chi connectivity index (χ1) is 11.3. The number of hydrogen-bond donors (Lipinski definition) is 2. The lowest BCUT2D eigenvalue weighted by Gasteiger charge is -2.13. The van der Waals surface area contributed by atoms with E-state index in [1.807, 2.05) is 5.32 Å². The molecule has 0 saturated carbocycles. The van der Waals surface area contributed by atoms with E-state index in [1.165, 1.54) is 31.4 Å². The smallest absolute Gasteiger partial charge is 0.296 e. The Kier molecular flexibility index (Phi) is 6.75. The molecule has 0 aliphatic rings. The van der Waals surface area contributed by atoms with Gasteiger partial charge in [-0.2, -0.15) is 0 Å². The number of hydrogen-bond acceptors (Lipinski definition) is 9. The molecule has 0 aromatic heterocycles. The summed E-state index contributed by atoms with van der Waals surface area (Å²) < 4.78 is 4.90. The fourth-order valence-electron chi connectivity index (χ4n) is 1.51. The number of phenolic OH excluding ortho intramolecular Hbond substituents is 1. The number of phenols is 1. The maximum Gasteiger partial charge on any atom is 0.296 e. The Morgan fingerprint density at radius 2 is 2.08 bits per heavy atom. The molecule has 24 heavy (non-hydrogen) atoms. The minimum atomic E-state index is -1.66. The molecular formula is C12H13N3O9. The lowest BCUT2D eigenvalue weighted by molar-refractivity contribution is -0.790. The Balaban J connectivity index is 2.69. The van der Waals surface area contributed by atoms with Crippen LogP contribution in [0.25, 0.3) is 6.08 Å². The lowest BCUT2D eigenvalue weighted by atomic mass is 10.2. The van der Waals surface area contributed by atoms with Crippen LogP contribution in [-0.4, -0.2) is 41.1 Å². The Morgan fingerprint density at radius 1 is 1.38 bits per heavy atom. The monoisotopic (exact) mass is 343 g/mol. The van der Waals surface area contributed by atoms with Crippen LogP contribution >= 0.6 is 0 Å². The van der Waals surface area contributed by atoms with Gasteiger partial charge in [0.1, 0.15) is 6.61 Å². The molecule has 1 aromatic carbocycles. The lowest BCUT2D eigenvalue weighted by Crippen LogP contribution is -2.41. The predicted octanol–water partition coefficient (Wildman–Crippen LogP) is 0.273. The van der Waals surface area contributed by atoms with Gasteiger partial charge in [-0.1, -0.05) is 6.07 Å². The van der Waals surface area contributed by atoms with Crippen LogP contribution in [-0.2, 0) is 14.5 Å². The van der Waals surface area contributed by atoms with E-state index in [0.717, 1.165) is 6.08 Å². The van der Waals surface area contributed by atoms with Crippen molar-refractivity contribution >= 4 is 12.0 Å². The molecule has 0 bridgehead atoms. The van der Waals surface area contributed by atoms with Crippen molar-refractivity contribution in [3.05, 3.63) is 50.1 Å². The third-order valence-corrected chi connectivity index (χ3v) is 2.48. The van der Waals surface area contributed by atoms with E-state index in [-0.39, 0.29) is 11.5 Å². The number of rotatable bonds is 9. The van der Waals surface area contributed by atoms with Crippen molar-refractivity contribution in [3.8, 4) is 11.5 Å². The van der Waals surface area contributed by atoms with Crippen LogP contribution in [0.4, 0.5) is 0 Å². The van der Waals surface area contributed by atoms with E-state index >= 15 is 0 Å². The highest BCUT2D eigenvalue weighted by Crippen LogP contribution is 2.26. The summed E-state index contributed by atoms with van der Waals surface area (Å²) in [4.78, 5) is 40.0. The van der Waals surface area contributed by atoms with Crippen LogP contribution in [0.3, 0.4) is 0 Å². The molecule has 12 nitrogen and oxygen atoms in total. The number of aromatic hydroxyl groups is 1. The van der Waals surface area contributed by atoms with Gasteiger partial charge in [0, 0.05) is 6.08 Å². The molecule has 12 heteroatoms. The molecule has 0 aliphatic heterocycles. The average Bonchev–Trinajstić information content (AvgIpc) is 2.51. The van der Waals surface area contributed by atoms with Crippen LogP contribution in [0.1, 0.15) is 5.56 Å². The second-order valence-electron chi connectivity index (χ2n) is 4.11. The van der Waals surface area contributed by atoms with E-state index < -0.39 is 28.9 Å². The van der Waals surface area contributed by atoms with Crippen LogP contribution < -0.4 is 10.1 Å². The normalized spacial score (nSPS) is 11.5. The highest BCUT2D eigenvalue weighted by atomic mass is 17.0. The quantitative estimate of drug-likeness (QED) is 0.277. The molecule has 0 spiro atoms. The molecule has 1 rings (SSSR count). The first kappa shape index (κ1) is 18.5. The molecular weight excluding hydrogens is 330 g/mol. The minimum Gasteiger partial charge on any atom is -0.504 e. The van der Waals surface area contributed by atoms with Crippen molar-refractivity contribution in [1.82, 2.24) is 5.32 Å². The van der Waals surface area contributed by atoms with E-state index in [4.69, 9.17) is 4.74 Å². The molecule has 2 N–H and O–H groups in total. The van der Waals surface area contributed by atoms with Crippen LogP contribution in [0.2, 0.25) is 0 Å². The van der Waals surface area contributed by atoms with E-state index in [0.29, 0.717) is 5.56 Å². The second kappa shape index (κ2) is 8.77. The molecule has 0 saturated heterocycles. The second-order valence-corrected chi connectivity index (χ2v) is 4.11. The summed E-state index contributed by atoms with van der Waals surface area (Å²) in [6, 6.07) is 4.28. The van der Waals surface area contributed by atoms with Gasteiger partial charge in [-0.3, -0.25) is 9.63 Å². The van der Waals surface area contributed by atoms with Crippen LogP contribution in [0.5, 0.6) is 11.5 Å². The van der Waals surface area contributed by atoms with Gasteiger partial charge in [-0.25, -0.2) is 0 Å². The summed E-state index contributed by atoms with van der Waals surface area (Å²) in [6.07, 6.45) is 0.681. The predicted molar refractivity (Wildman–Crippen MR) is 76.6 cm³/mol. The first-order valence-electron chi connectivity index (χ1n) is 6.26. The fourth-order valence-corrected chi connectivity index (χ4v) is 1.51. The van der Waals surface area contributed by atoms with E-state index in [1.54, 1.807) is 0 Å². The SMILES string of the molecule is COc1cc(C=CC(=O)NC(CO[N+](=O)[O-])O[N+](=O)[O-])ccc1O. The zero-order valence-corrected chi connectivity index (χ0v) is 12.3. The highest BCUT2D eigenvalue weighted by Gasteiger charge is 2.17. The number of ether oxygens (including phenoxy) is 1. The van der Waals surface area contributed by atoms with E-state index in [2.05, 4.69) is 9.68 Å².